The van der Waals surface area contributed by atoms with Gasteiger partial charge >= 0.3 is 0 Å². The lowest BCUT2D eigenvalue weighted by Gasteiger charge is -2.49. The van der Waals surface area contributed by atoms with Crippen LogP contribution < -0.4 is 5.73 Å². The lowest BCUT2D eigenvalue weighted by Crippen LogP contribution is -2.42. The summed E-state index contributed by atoms with van der Waals surface area (Å²) >= 11 is 0. The number of amides is 1. The zero-order valence-corrected chi connectivity index (χ0v) is 14.7. The predicted molar refractivity (Wildman–Crippen MR) is 95.3 cm³/mol. The van der Waals surface area contributed by atoms with Crippen LogP contribution in [0.2, 0.25) is 0 Å². The Hall–Kier alpha value is -2.04. The van der Waals surface area contributed by atoms with Crippen LogP contribution in [0.5, 0.6) is 5.75 Å². The number of aromatic hydroxyl groups is 1. The van der Waals surface area contributed by atoms with E-state index < -0.39 is 5.91 Å². The molecule has 0 aromatic heterocycles. The maximum absolute atomic E-state index is 10.9. The van der Waals surface area contributed by atoms with Crippen LogP contribution in [-0.2, 0) is 16.1 Å². The third-order valence-electron chi connectivity index (χ3n) is 6.83. The number of fused-ring (bicyclic) bond motifs is 5. The Kier molecular flexibility index (Phi) is 3.97. The van der Waals surface area contributed by atoms with Gasteiger partial charge in [0.15, 0.2) is 6.61 Å². The van der Waals surface area contributed by atoms with Crippen LogP contribution in [0.1, 0.15) is 56.1 Å². The van der Waals surface area contributed by atoms with Crippen molar-refractivity contribution in [2.24, 2.45) is 28.1 Å². The van der Waals surface area contributed by atoms with Crippen molar-refractivity contribution < 1.29 is 14.7 Å². The van der Waals surface area contributed by atoms with Gasteiger partial charge in [-0.2, -0.15) is 0 Å². The van der Waals surface area contributed by atoms with E-state index in [4.69, 9.17) is 10.6 Å². The maximum Gasteiger partial charge on any atom is 0.258 e. The fraction of sp³-hybridized carbons (Fsp3) is 0.600. The van der Waals surface area contributed by atoms with Crippen LogP contribution in [-0.4, -0.2) is 23.3 Å². The Morgan fingerprint density at radius 3 is 3.00 bits per heavy atom. The quantitative estimate of drug-likeness (QED) is 0.828. The normalized spacial score (nSPS) is 34.9. The van der Waals surface area contributed by atoms with E-state index in [1.54, 1.807) is 0 Å². The summed E-state index contributed by atoms with van der Waals surface area (Å²) in [6.07, 6.45) is 6.55. The molecule has 2 fully saturated rings. The monoisotopic (exact) mass is 342 g/mol. The molecule has 3 aliphatic rings. The fourth-order valence-corrected chi connectivity index (χ4v) is 5.68. The highest BCUT2D eigenvalue weighted by Crippen LogP contribution is 2.59. The lowest BCUT2D eigenvalue weighted by atomic mass is 9.55. The topological polar surface area (TPSA) is 84.9 Å². The van der Waals surface area contributed by atoms with Gasteiger partial charge < -0.3 is 15.7 Å². The first-order chi connectivity index (χ1) is 12.0. The van der Waals surface area contributed by atoms with E-state index in [0.717, 1.165) is 37.8 Å². The SMILES string of the molecule is C[C@]12CC[C@@H]3c4ccc(O)cc4CC[C@H]3[C@@H]1CC/C2=N/OCC(N)=O. The zero-order valence-electron chi connectivity index (χ0n) is 14.7. The third-order valence-corrected chi connectivity index (χ3v) is 6.83. The zero-order chi connectivity index (χ0) is 17.6. The smallest absolute Gasteiger partial charge is 0.258 e. The summed E-state index contributed by atoms with van der Waals surface area (Å²) in [5.41, 5.74) is 9.07. The van der Waals surface area contributed by atoms with Crippen molar-refractivity contribution in [3.05, 3.63) is 29.3 Å². The van der Waals surface area contributed by atoms with E-state index in [-0.39, 0.29) is 12.0 Å². The van der Waals surface area contributed by atoms with E-state index in [0.29, 0.717) is 23.5 Å². The van der Waals surface area contributed by atoms with Crippen LogP contribution in [0.4, 0.5) is 0 Å². The Morgan fingerprint density at radius 2 is 2.20 bits per heavy atom. The molecular weight excluding hydrogens is 316 g/mol. The number of hydrogen-bond donors (Lipinski definition) is 2. The summed E-state index contributed by atoms with van der Waals surface area (Å²) in [6.45, 7) is 2.17. The number of nitrogens with zero attached hydrogens (tertiary/aromatic N) is 1. The molecule has 5 nitrogen and oxygen atoms in total. The molecule has 25 heavy (non-hydrogen) atoms. The molecule has 0 bridgehead atoms. The van der Waals surface area contributed by atoms with Gasteiger partial charge in [0, 0.05) is 5.41 Å². The van der Waals surface area contributed by atoms with Crippen LogP contribution in [0.25, 0.3) is 0 Å². The van der Waals surface area contributed by atoms with Crippen molar-refractivity contribution >= 4 is 11.6 Å². The third kappa shape index (κ3) is 2.70. The first-order valence-electron chi connectivity index (χ1n) is 9.28. The van der Waals surface area contributed by atoms with Gasteiger partial charge in [-0.1, -0.05) is 18.1 Å². The fourth-order valence-electron chi connectivity index (χ4n) is 5.68. The second-order valence-corrected chi connectivity index (χ2v) is 8.07. The van der Waals surface area contributed by atoms with Crippen molar-refractivity contribution in [3.63, 3.8) is 0 Å². The molecule has 1 aromatic carbocycles. The number of phenolic OH excluding ortho intramolecular Hbond substituents is 1. The maximum atomic E-state index is 10.9. The predicted octanol–water partition coefficient (Wildman–Crippen LogP) is 3.11. The first-order valence-corrected chi connectivity index (χ1v) is 9.28. The highest BCUT2D eigenvalue weighted by atomic mass is 16.6. The summed E-state index contributed by atoms with van der Waals surface area (Å²) in [4.78, 5) is 16.1. The second kappa shape index (κ2) is 6.04. The molecule has 0 aliphatic heterocycles. The van der Waals surface area contributed by atoms with Gasteiger partial charge in [-0.15, -0.1) is 0 Å². The number of primary amides is 1. The number of nitrogens with two attached hydrogens (primary N) is 1. The number of rotatable bonds is 3. The van der Waals surface area contributed by atoms with E-state index in [1.807, 2.05) is 12.1 Å². The number of carbonyl (C=O) groups excluding carboxylic acids is 1. The van der Waals surface area contributed by atoms with Crippen molar-refractivity contribution in [2.75, 3.05) is 6.61 Å². The molecule has 4 rings (SSSR count). The van der Waals surface area contributed by atoms with Crippen molar-refractivity contribution in [1.29, 1.82) is 0 Å². The molecule has 2 saturated carbocycles. The van der Waals surface area contributed by atoms with Crippen molar-refractivity contribution in [1.82, 2.24) is 0 Å². The summed E-state index contributed by atoms with van der Waals surface area (Å²) in [5, 5.41) is 14.1. The number of carbonyl (C=O) groups is 1. The van der Waals surface area contributed by atoms with E-state index in [9.17, 15) is 9.90 Å². The highest BCUT2D eigenvalue weighted by Gasteiger charge is 2.53. The molecule has 0 saturated heterocycles. The number of phenols is 1. The van der Waals surface area contributed by atoms with E-state index in [2.05, 4.69) is 18.1 Å². The van der Waals surface area contributed by atoms with Crippen molar-refractivity contribution in [2.45, 2.75) is 51.4 Å². The van der Waals surface area contributed by atoms with Gasteiger partial charge in [0.1, 0.15) is 5.75 Å². The average Bonchev–Trinajstić information content (AvgIpc) is 2.91. The number of oxime groups is 1. The number of aryl methyl sites for hydroxylation is 1. The molecule has 1 aromatic rings. The summed E-state index contributed by atoms with van der Waals surface area (Å²) in [6, 6.07) is 5.90. The largest absolute Gasteiger partial charge is 0.508 e. The summed E-state index contributed by atoms with van der Waals surface area (Å²) < 4.78 is 0. The molecule has 3 aliphatic carbocycles. The molecule has 3 N–H and O–H groups in total. The van der Waals surface area contributed by atoms with E-state index >= 15 is 0 Å². The van der Waals surface area contributed by atoms with Gasteiger partial charge in [-0.05, 0) is 79.5 Å². The standard InChI is InChI=1S/C20H26N2O3/c1-20-9-8-15-14-5-3-13(23)10-12(14)2-4-16(15)17(20)6-7-18(20)22-25-11-19(21)24/h3,5,10,15-17,23H,2,4,6-9,11H2,1H3,(H2,21,24)/b22-18-/t15-,16-,17+,20+/m1/s1. The minimum atomic E-state index is -0.486. The molecule has 1 amide bonds. The second-order valence-electron chi connectivity index (χ2n) is 8.07. The number of benzene rings is 1. The van der Waals surface area contributed by atoms with Gasteiger partial charge in [-0.3, -0.25) is 4.79 Å². The molecule has 4 atom stereocenters. The summed E-state index contributed by atoms with van der Waals surface area (Å²) in [5.74, 6) is 1.76. The van der Waals surface area contributed by atoms with Crippen molar-refractivity contribution in [3.8, 4) is 5.75 Å². The van der Waals surface area contributed by atoms with Crippen LogP contribution >= 0.6 is 0 Å². The molecule has 5 heteroatoms. The Morgan fingerprint density at radius 1 is 1.36 bits per heavy atom. The van der Waals surface area contributed by atoms with Gasteiger partial charge in [0.05, 0.1) is 5.71 Å². The first kappa shape index (κ1) is 16.4. The molecule has 0 unspecified atom stereocenters. The van der Waals surface area contributed by atoms with Crippen LogP contribution in [0, 0.1) is 17.3 Å². The molecule has 0 radical (unpaired) electrons. The van der Waals surface area contributed by atoms with E-state index in [1.165, 1.54) is 17.5 Å². The van der Waals surface area contributed by atoms with Crippen LogP contribution in [0.15, 0.2) is 23.4 Å². The van der Waals surface area contributed by atoms with Crippen LogP contribution in [0.3, 0.4) is 0 Å². The molecule has 0 spiro atoms. The molecule has 0 heterocycles. The molecule has 134 valence electrons. The number of hydrogen-bond acceptors (Lipinski definition) is 4. The average molecular weight is 342 g/mol. The Balaban J connectivity index is 1.58. The minimum Gasteiger partial charge on any atom is -0.508 e. The van der Waals surface area contributed by atoms with Gasteiger partial charge in [0.2, 0.25) is 0 Å². The summed E-state index contributed by atoms with van der Waals surface area (Å²) in [7, 11) is 0. The molecular formula is C20H26N2O3. The lowest BCUT2D eigenvalue weighted by molar-refractivity contribution is -0.122. The Bertz CT molecular complexity index is 730. The Labute approximate surface area is 148 Å². The highest BCUT2D eigenvalue weighted by molar-refractivity contribution is 5.92. The van der Waals surface area contributed by atoms with Gasteiger partial charge in [-0.25, -0.2) is 0 Å². The minimum absolute atomic E-state index is 0.0766. The van der Waals surface area contributed by atoms with Gasteiger partial charge in [0.25, 0.3) is 5.91 Å².